The summed E-state index contributed by atoms with van der Waals surface area (Å²) in [6, 6.07) is 9.21. The van der Waals surface area contributed by atoms with E-state index in [1.807, 2.05) is 0 Å². The summed E-state index contributed by atoms with van der Waals surface area (Å²) in [4.78, 5) is 18.0. The number of fused-ring (bicyclic) bond motifs is 2. The van der Waals surface area contributed by atoms with Crippen LogP contribution in [0, 0.1) is 5.92 Å². The fourth-order valence-electron chi connectivity index (χ4n) is 5.81. The monoisotopic (exact) mass is 425 g/mol. The number of piperidine rings is 2. The van der Waals surface area contributed by atoms with Crippen molar-refractivity contribution in [3.63, 3.8) is 0 Å². The van der Waals surface area contributed by atoms with Crippen molar-refractivity contribution in [3.8, 4) is 0 Å². The van der Waals surface area contributed by atoms with Crippen molar-refractivity contribution in [2.45, 2.75) is 57.4 Å². The highest BCUT2D eigenvalue weighted by molar-refractivity contribution is 5.84. The van der Waals surface area contributed by atoms with Gasteiger partial charge < -0.3 is 19.1 Å². The van der Waals surface area contributed by atoms with Crippen LogP contribution < -0.4 is 0 Å². The molecule has 0 aliphatic carbocycles. The minimum atomic E-state index is 0.296. The number of aryl methyl sites for hydroxylation is 2. The SMILES string of the molecule is COCCN(C[C@@H]1CCCN2CCCC[C@H]12)C(=O)CCCc1cn(C)c2ccccc12. The average molecular weight is 426 g/mol. The maximum atomic E-state index is 13.2. The molecule has 4 rings (SSSR count). The topological polar surface area (TPSA) is 37.7 Å². The smallest absolute Gasteiger partial charge is 0.222 e. The van der Waals surface area contributed by atoms with Gasteiger partial charge in [-0.1, -0.05) is 24.6 Å². The van der Waals surface area contributed by atoms with Crippen molar-refractivity contribution in [2.24, 2.45) is 13.0 Å². The Morgan fingerprint density at radius 3 is 2.87 bits per heavy atom. The van der Waals surface area contributed by atoms with E-state index in [-0.39, 0.29) is 0 Å². The highest BCUT2D eigenvalue weighted by Crippen LogP contribution is 2.31. The molecule has 2 aromatic rings. The van der Waals surface area contributed by atoms with E-state index in [2.05, 4.69) is 51.9 Å². The lowest BCUT2D eigenvalue weighted by Gasteiger charge is -2.45. The fourth-order valence-corrected chi connectivity index (χ4v) is 5.81. The standard InChI is InChI=1S/C26H39N3O2/c1-27-19-21(23-11-3-4-13-25(23)27)9-7-14-26(30)29(17-18-31-2)20-22-10-8-16-28-15-6-5-12-24(22)28/h3-4,11,13,19,22,24H,5-10,12,14-18,20H2,1-2H3/t22-,24+/m0/s1. The van der Waals surface area contributed by atoms with Gasteiger partial charge in [0.15, 0.2) is 0 Å². The first-order valence-corrected chi connectivity index (χ1v) is 12.2. The zero-order chi connectivity index (χ0) is 21.6. The highest BCUT2D eigenvalue weighted by atomic mass is 16.5. The molecule has 1 aromatic heterocycles. The second kappa shape index (κ2) is 10.6. The Morgan fingerprint density at radius 1 is 1.16 bits per heavy atom. The van der Waals surface area contributed by atoms with Crippen molar-refractivity contribution < 1.29 is 9.53 Å². The van der Waals surface area contributed by atoms with Crippen molar-refractivity contribution in [1.82, 2.24) is 14.4 Å². The van der Waals surface area contributed by atoms with Crippen LogP contribution in [0.25, 0.3) is 10.9 Å². The molecule has 2 aliphatic heterocycles. The second-order valence-electron chi connectivity index (χ2n) is 9.47. The molecule has 170 valence electrons. The van der Waals surface area contributed by atoms with Crippen LogP contribution in [0.1, 0.15) is 50.5 Å². The molecule has 0 radical (unpaired) electrons. The number of nitrogens with zero attached hydrogens (tertiary/aromatic N) is 3. The van der Waals surface area contributed by atoms with Crippen LogP contribution in [-0.2, 0) is 23.0 Å². The normalized spacial score (nSPS) is 21.9. The summed E-state index contributed by atoms with van der Waals surface area (Å²) in [5.41, 5.74) is 2.61. The van der Waals surface area contributed by atoms with E-state index >= 15 is 0 Å². The number of aromatic nitrogens is 1. The first-order valence-electron chi connectivity index (χ1n) is 12.2. The van der Waals surface area contributed by atoms with E-state index in [9.17, 15) is 4.79 Å². The van der Waals surface area contributed by atoms with Crippen LogP contribution >= 0.6 is 0 Å². The van der Waals surface area contributed by atoms with Gasteiger partial charge in [-0.25, -0.2) is 0 Å². The Balaban J connectivity index is 1.35. The van der Waals surface area contributed by atoms with E-state index in [1.54, 1.807) is 7.11 Å². The molecule has 0 N–H and O–H groups in total. The van der Waals surface area contributed by atoms with Gasteiger partial charge in [-0.15, -0.1) is 0 Å². The summed E-state index contributed by atoms with van der Waals surface area (Å²) in [7, 11) is 3.83. The predicted molar refractivity (Wildman–Crippen MR) is 126 cm³/mol. The molecule has 2 saturated heterocycles. The van der Waals surface area contributed by atoms with Crippen molar-refractivity contribution in [1.29, 1.82) is 0 Å². The third-order valence-electron chi connectivity index (χ3n) is 7.42. The van der Waals surface area contributed by atoms with E-state index < -0.39 is 0 Å². The molecule has 1 aromatic carbocycles. The van der Waals surface area contributed by atoms with Gasteiger partial charge in [0.1, 0.15) is 0 Å². The quantitative estimate of drug-likeness (QED) is 0.603. The third-order valence-corrected chi connectivity index (χ3v) is 7.42. The van der Waals surface area contributed by atoms with Gasteiger partial charge in [-0.3, -0.25) is 4.79 Å². The maximum absolute atomic E-state index is 13.2. The number of methoxy groups -OCH3 is 1. The second-order valence-corrected chi connectivity index (χ2v) is 9.47. The van der Waals surface area contributed by atoms with Gasteiger partial charge in [0.2, 0.25) is 5.91 Å². The molecule has 2 aliphatic rings. The summed E-state index contributed by atoms with van der Waals surface area (Å²) in [5, 5.41) is 1.31. The summed E-state index contributed by atoms with van der Waals surface area (Å²) in [6.07, 6.45) is 11.2. The van der Waals surface area contributed by atoms with Crippen LogP contribution in [0.5, 0.6) is 0 Å². The van der Waals surface area contributed by atoms with E-state index in [4.69, 9.17) is 4.74 Å². The predicted octanol–water partition coefficient (Wildman–Crippen LogP) is 4.24. The summed E-state index contributed by atoms with van der Waals surface area (Å²) >= 11 is 0. The number of hydrogen-bond donors (Lipinski definition) is 0. The minimum absolute atomic E-state index is 0.296. The van der Waals surface area contributed by atoms with E-state index in [1.165, 1.54) is 61.7 Å². The lowest BCUT2D eigenvalue weighted by molar-refractivity contribution is -0.133. The molecular weight excluding hydrogens is 386 g/mol. The Labute approximate surface area is 187 Å². The number of carbonyl (C=O) groups is 1. The van der Waals surface area contributed by atoms with E-state index in [0.29, 0.717) is 37.4 Å². The molecule has 5 nitrogen and oxygen atoms in total. The highest BCUT2D eigenvalue weighted by Gasteiger charge is 2.34. The van der Waals surface area contributed by atoms with Gasteiger partial charge >= 0.3 is 0 Å². The lowest BCUT2D eigenvalue weighted by Crippen LogP contribution is -2.52. The molecule has 31 heavy (non-hydrogen) atoms. The van der Waals surface area contributed by atoms with Crippen molar-refractivity contribution >= 4 is 16.8 Å². The largest absolute Gasteiger partial charge is 0.383 e. The summed E-state index contributed by atoms with van der Waals surface area (Å²) < 4.78 is 7.53. The number of hydrogen-bond acceptors (Lipinski definition) is 3. The van der Waals surface area contributed by atoms with E-state index in [0.717, 1.165) is 19.4 Å². The third kappa shape index (κ3) is 5.32. The number of amides is 1. The molecule has 0 unspecified atom stereocenters. The Kier molecular flexibility index (Phi) is 7.67. The van der Waals surface area contributed by atoms with Crippen LogP contribution in [0.4, 0.5) is 0 Å². The summed E-state index contributed by atoms with van der Waals surface area (Å²) in [5.74, 6) is 0.915. The number of rotatable bonds is 9. The molecule has 5 heteroatoms. The first kappa shape index (κ1) is 22.3. The molecule has 0 bridgehead atoms. The van der Waals surface area contributed by atoms with Crippen LogP contribution in [0.3, 0.4) is 0 Å². The molecule has 0 saturated carbocycles. The van der Waals surface area contributed by atoms with Crippen LogP contribution in [-0.4, -0.2) is 66.2 Å². The minimum Gasteiger partial charge on any atom is -0.383 e. The Bertz CT molecular complexity index is 859. The van der Waals surface area contributed by atoms with Gasteiger partial charge in [-0.05, 0) is 69.2 Å². The van der Waals surface area contributed by atoms with Crippen LogP contribution in [0.15, 0.2) is 30.5 Å². The van der Waals surface area contributed by atoms with Gasteiger partial charge in [-0.2, -0.15) is 0 Å². The van der Waals surface area contributed by atoms with Gasteiger partial charge in [0.25, 0.3) is 0 Å². The zero-order valence-corrected chi connectivity index (χ0v) is 19.4. The Hall–Kier alpha value is -1.85. The summed E-state index contributed by atoms with van der Waals surface area (Å²) in [6.45, 7) is 4.73. The molecule has 1 amide bonds. The number of carbonyl (C=O) groups excluding carboxylic acids is 1. The number of benzene rings is 1. The van der Waals surface area contributed by atoms with Gasteiger partial charge in [0, 0.05) is 56.8 Å². The van der Waals surface area contributed by atoms with Crippen molar-refractivity contribution in [3.05, 3.63) is 36.0 Å². The maximum Gasteiger partial charge on any atom is 0.222 e. The first-order chi connectivity index (χ1) is 15.2. The average Bonchev–Trinajstić information content (AvgIpc) is 3.12. The number of para-hydroxylation sites is 1. The molecule has 0 spiro atoms. The number of ether oxygens (including phenoxy) is 1. The lowest BCUT2D eigenvalue weighted by atomic mass is 9.83. The molecular formula is C26H39N3O2. The molecule has 3 heterocycles. The Morgan fingerprint density at radius 2 is 2.00 bits per heavy atom. The van der Waals surface area contributed by atoms with Crippen molar-refractivity contribution in [2.75, 3.05) is 39.9 Å². The van der Waals surface area contributed by atoms with Crippen LogP contribution in [0.2, 0.25) is 0 Å². The fraction of sp³-hybridized carbons (Fsp3) is 0.654. The molecule has 2 atom stereocenters. The van der Waals surface area contributed by atoms with Gasteiger partial charge in [0.05, 0.1) is 6.61 Å². The molecule has 2 fully saturated rings. The zero-order valence-electron chi connectivity index (χ0n) is 19.4.